The number of halogens is 2. The van der Waals surface area contributed by atoms with Gasteiger partial charge in [-0.1, -0.05) is 23.2 Å². The maximum Gasteiger partial charge on any atom is 0.344 e. The Balaban J connectivity index is 3.12. The molecule has 86 valence electrons. The predicted molar refractivity (Wildman–Crippen MR) is 59.6 cm³/mol. The van der Waals surface area contributed by atoms with Crippen molar-refractivity contribution in [1.29, 1.82) is 0 Å². The maximum absolute atomic E-state index is 10.7. The van der Waals surface area contributed by atoms with Gasteiger partial charge in [-0.3, -0.25) is 4.79 Å². The quantitative estimate of drug-likeness (QED) is 0.848. The molecule has 4 nitrogen and oxygen atoms in total. The number of carbonyl (C=O) groups excluding carboxylic acids is 1. The van der Waals surface area contributed by atoms with E-state index in [2.05, 4.69) is 0 Å². The Bertz CT molecular complexity index is 431. The van der Waals surface area contributed by atoms with Crippen molar-refractivity contribution in [2.45, 2.75) is 13.0 Å². The molecule has 0 aromatic heterocycles. The van der Waals surface area contributed by atoms with E-state index in [0.29, 0.717) is 6.29 Å². The first-order valence-corrected chi connectivity index (χ1v) is 5.05. The van der Waals surface area contributed by atoms with Gasteiger partial charge in [-0.05, 0) is 19.1 Å². The Kier molecular flexibility index (Phi) is 4.15. The van der Waals surface area contributed by atoms with Crippen LogP contribution in [0.15, 0.2) is 12.1 Å². The van der Waals surface area contributed by atoms with Crippen LogP contribution in [0, 0.1) is 0 Å². The molecule has 0 saturated heterocycles. The summed E-state index contributed by atoms with van der Waals surface area (Å²) in [6.45, 7) is 1.34. The van der Waals surface area contributed by atoms with Crippen molar-refractivity contribution in [2.24, 2.45) is 0 Å². The minimum Gasteiger partial charge on any atom is -0.479 e. The van der Waals surface area contributed by atoms with Crippen molar-refractivity contribution in [3.63, 3.8) is 0 Å². The molecule has 0 radical (unpaired) electrons. The van der Waals surface area contributed by atoms with Gasteiger partial charge in [-0.25, -0.2) is 4.79 Å². The highest BCUT2D eigenvalue weighted by atomic mass is 35.5. The molecule has 1 rings (SSSR count). The average molecular weight is 263 g/mol. The van der Waals surface area contributed by atoms with Crippen LogP contribution in [0.4, 0.5) is 0 Å². The van der Waals surface area contributed by atoms with Crippen LogP contribution in [0.2, 0.25) is 10.0 Å². The zero-order valence-electron chi connectivity index (χ0n) is 8.24. The lowest BCUT2D eigenvalue weighted by Gasteiger charge is -2.13. The lowest BCUT2D eigenvalue weighted by atomic mass is 10.2. The second kappa shape index (κ2) is 5.18. The smallest absolute Gasteiger partial charge is 0.344 e. The van der Waals surface area contributed by atoms with Gasteiger partial charge in [0.1, 0.15) is 5.75 Å². The van der Waals surface area contributed by atoms with Crippen LogP contribution in [0.1, 0.15) is 17.3 Å². The molecule has 0 bridgehead atoms. The molecule has 0 spiro atoms. The van der Waals surface area contributed by atoms with Crippen LogP contribution < -0.4 is 4.74 Å². The van der Waals surface area contributed by atoms with Crippen LogP contribution in [0.3, 0.4) is 0 Å². The second-order valence-electron chi connectivity index (χ2n) is 3.02. The molecule has 1 aromatic carbocycles. The minimum atomic E-state index is -1.15. The topological polar surface area (TPSA) is 63.6 Å². The number of carboxylic acid groups (broad SMARTS) is 1. The molecule has 0 heterocycles. The van der Waals surface area contributed by atoms with Gasteiger partial charge in [-0.15, -0.1) is 0 Å². The first-order chi connectivity index (χ1) is 7.45. The van der Waals surface area contributed by atoms with Crippen LogP contribution in [-0.4, -0.2) is 23.5 Å². The molecule has 0 saturated carbocycles. The molecule has 1 unspecified atom stereocenters. The van der Waals surface area contributed by atoms with Crippen molar-refractivity contribution < 1.29 is 19.4 Å². The molecule has 1 N–H and O–H groups in total. The molecule has 6 heteroatoms. The van der Waals surface area contributed by atoms with Crippen LogP contribution in [0.5, 0.6) is 5.75 Å². The lowest BCUT2D eigenvalue weighted by molar-refractivity contribution is -0.144. The van der Waals surface area contributed by atoms with Crippen molar-refractivity contribution in [3.05, 3.63) is 27.7 Å². The summed E-state index contributed by atoms with van der Waals surface area (Å²) >= 11 is 11.5. The monoisotopic (exact) mass is 262 g/mol. The highest BCUT2D eigenvalue weighted by Crippen LogP contribution is 2.32. The van der Waals surface area contributed by atoms with Crippen LogP contribution in [0.25, 0.3) is 0 Å². The Labute approximate surface area is 102 Å². The Morgan fingerprint density at radius 3 is 2.62 bits per heavy atom. The number of hydrogen-bond donors (Lipinski definition) is 1. The SMILES string of the molecule is CC(Oc1c(Cl)cc(Cl)cc1C=O)C(=O)O. The molecule has 16 heavy (non-hydrogen) atoms. The predicted octanol–water partition coefficient (Wildman–Crippen LogP) is 2.66. The van der Waals surface area contributed by atoms with E-state index in [1.54, 1.807) is 0 Å². The van der Waals surface area contributed by atoms with Gasteiger partial charge in [0.2, 0.25) is 0 Å². The van der Waals surface area contributed by atoms with Gasteiger partial charge >= 0.3 is 5.97 Å². The lowest BCUT2D eigenvalue weighted by Crippen LogP contribution is -2.23. The summed E-state index contributed by atoms with van der Waals surface area (Å²) in [5.41, 5.74) is 0.116. The van der Waals surface area contributed by atoms with Crippen molar-refractivity contribution >= 4 is 35.5 Å². The third-order valence-electron chi connectivity index (χ3n) is 1.81. The number of aliphatic carboxylic acids is 1. The third kappa shape index (κ3) is 2.87. The van der Waals surface area contributed by atoms with Gasteiger partial charge in [-0.2, -0.15) is 0 Å². The van der Waals surface area contributed by atoms with Crippen LogP contribution >= 0.6 is 23.2 Å². The summed E-state index contributed by atoms with van der Waals surface area (Å²) in [5.74, 6) is -1.13. The van der Waals surface area contributed by atoms with E-state index >= 15 is 0 Å². The molecule has 0 amide bonds. The second-order valence-corrected chi connectivity index (χ2v) is 3.87. The number of hydrogen-bond acceptors (Lipinski definition) is 3. The van der Waals surface area contributed by atoms with Gasteiger partial charge < -0.3 is 9.84 Å². The van der Waals surface area contributed by atoms with Crippen LogP contribution in [-0.2, 0) is 4.79 Å². The first kappa shape index (κ1) is 12.8. The fourth-order valence-corrected chi connectivity index (χ4v) is 1.57. The Morgan fingerprint density at radius 2 is 2.12 bits per heavy atom. The summed E-state index contributed by atoms with van der Waals surface area (Å²) in [4.78, 5) is 21.3. The molecule has 0 aliphatic carbocycles. The first-order valence-electron chi connectivity index (χ1n) is 4.29. The summed E-state index contributed by atoms with van der Waals surface area (Å²) < 4.78 is 5.06. The fraction of sp³-hybridized carbons (Fsp3) is 0.200. The average Bonchev–Trinajstić information content (AvgIpc) is 2.21. The normalized spacial score (nSPS) is 11.9. The summed E-state index contributed by atoms with van der Waals surface area (Å²) in [6.07, 6.45) is -0.598. The third-order valence-corrected chi connectivity index (χ3v) is 2.31. The van der Waals surface area contributed by atoms with Crippen molar-refractivity contribution in [3.8, 4) is 5.75 Å². The fourth-order valence-electron chi connectivity index (χ4n) is 1.02. The van der Waals surface area contributed by atoms with E-state index in [0.717, 1.165) is 0 Å². The van der Waals surface area contributed by atoms with Gasteiger partial charge in [0.15, 0.2) is 12.4 Å². The number of carbonyl (C=O) groups is 2. The summed E-state index contributed by atoms with van der Waals surface area (Å²) in [5, 5.41) is 9.05. The van der Waals surface area contributed by atoms with Gasteiger partial charge in [0, 0.05) is 5.02 Å². The molecular formula is C10H8Cl2O4. The zero-order valence-corrected chi connectivity index (χ0v) is 9.75. The van der Waals surface area contributed by atoms with Crippen molar-refractivity contribution in [2.75, 3.05) is 0 Å². The highest BCUT2D eigenvalue weighted by Gasteiger charge is 2.17. The zero-order chi connectivity index (χ0) is 12.3. The van der Waals surface area contributed by atoms with E-state index in [4.69, 9.17) is 33.0 Å². The number of carboxylic acids is 1. The van der Waals surface area contributed by atoms with E-state index < -0.39 is 12.1 Å². The minimum absolute atomic E-state index is 0.0240. The molecule has 0 aliphatic heterocycles. The molecule has 0 fully saturated rings. The number of aldehydes is 1. The molecule has 1 atom stereocenters. The Hall–Kier alpha value is -1.26. The van der Waals surface area contributed by atoms with E-state index in [1.165, 1.54) is 19.1 Å². The molecular weight excluding hydrogens is 255 g/mol. The summed E-state index contributed by atoms with van der Waals surface area (Å²) in [7, 11) is 0. The number of benzene rings is 1. The standard InChI is InChI=1S/C10H8Cl2O4/c1-5(10(14)15)16-9-6(4-13)2-7(11)3-8(9)12/h2-5H,1H3,(H,14,15). The van der Waals surface area contributed by atoms with Gasteiger partial charge in [0.25, 0.3) is 0 Å². The van der Waals surface area contributed by atoms with E-state index in [1.807, 2.05) is 0 Å². The largest absolute Gasteiger partial charge is 0.479 e. The number of ether oxygens (including phenoxy) is 1. The Morgan fingerprint density at radius 1 is 1.50 bits per heavy atom. The van der Waals surface area contributed by atoms with Gasteiger partial charge in [0.05, 0.1) is 10.6 Å². The molecule has 1 aromatic rings. The van der Waals surface area contributed by atoms with E-state index in [9.17, 15) is 9.59 Å². The number of rotatable bonds is 4. The molecule has 0 aliphatic rings. The summed E-state index contributed by atoms with van der Waals surface area (Å²) in [6, 6.07) is 2.73. The van der Waals surface area contributed by atoms with Crippen molar-refractivity contribution in [1.82, 2.24) is 0 Å². The highest BCUT2D eigenvalue weighted by molar-refractivity contribution is 6.36. The van der Waals surface area contributed by atoms with E-state index in [-0.39, 0.29) is 21.4 Å². The maximum atomic E-state index is 10.7.